The molecule has 2 heteroatoms. The van der Waals surface area contributed by atoms with Crippen LogP contribution in [0.2, 0.25) is 0 Å². The number of ketones is 1. The van der Waals surface area contributed by atoms with E-state index in [1.165, 1.54) is 11.1 Å². The van der Waals surface area contributed by atoms with Gasteiger partial charge in [0.05, 0.1) is 7.11 Å². The van der Waals surface area contributed by atoms with Gasteiger partial charge in [-0.3, -0.25) is 4.79 Å². The summed E-state index contributed by atoms with van der Waals surface area (Å²) in [5.41, 5.74) is 2.67. The molecule has 0 aromatic heterocycles. The molecule has 1 fully saturated rings. The summed E-state index contributed by atoms with van der Waals surface area (Å²) in [4.78, 5) is 12.4. The van der Waals surface area contributed by atoms with Crippen LogP contribution in [0.25, 0.3) is 0 Å². The molecule has 5 atom stereocenters. The van der Waals surface area contributed by atoms with Crippen molar-refractivity contribution in [3.63, 3.8) is 0 Å². The van der Waals surface area contributed by atoms with E-state index in [1.54, 1.807) is 7.11 Å². The Balaban J connectivity index is 1.79. The molecule has 0 saturated heterocycles. The van der Waals surface area contributed by atoms with E-state index in [-0.39, 0.29) is 5.41 Å². The Labute approximate surface area is 138 Å². The molecule has 0 heterocycles. The van der Waals surface area contributed by atoms with Crippen LogP contribution >= 0.6 is 0 Å². The van der Waals surface area contributed by atoms with E-state index >= 15 is 0 Å². The molecule has 1 saturated carbocycles. The number of hydrogen-bond donors (Lipinski definition) is 0. The van der Waals surface area contributed by atoms with Crippen molar-refractivity contribution in [3.8, 4) is 5.75 Å². The second kappa shape index (κ2) is 5.09. The minimum Gasteiger partial charge on any atom is -0.497 e. The van der Waals surface area contributed by atoms with Gasteiger partial charge < -0.3 is 4.74 Å². The summed E-state index contributed by atoms with van der Waals surface area (Å²) in [6.07, 6.45) is 9.21. The predicted molar refractivity (Wildman–Crippen MR) is 91.6 cm³/mol. The average Bonchev–Trinajstić information content (AvgIpc) is 2.88. The first kappa shape index (κ1) is 14.7. The monoisotopic (exact) mass is 308 g/mol. The third kappa shape index (κ3) is 1.97. The number of allylic oxidation sites excluding steroid dienone is 3. The van der Waals surface area contributed by atoms with Crippen LogP contribution in [0.5, 0.6) is 5.75 Å². The smallest absolute Gasteiger partial charge is 0.161 e. The third-order valence-corrected chi connectivity index (χ3v) is 6.61. The van der Waals surface area contributed by atoms with Gasteiger partial charge in [0, 0.05) is 5.41 Å². The molecular formula is C21H24O2. The Morgan fingerprint density at radius 2 is 2.22 bits per heavy atom. The van der Waals surface area contributed by atoms with Gasteiger partial charge in [-0.05, 0) is 72.3 Å². The van der Waals surface area contributed by atoms with Gasteiger partial charge in [-0.15, -0.1) is 6.58 Å². The number of carbonyl (C=O) groups excluding carboxylic acids is 1. The number of hydrogen-bond acceptors (Lipinski definition) is 2. The molecule has 0 amide bonds. The predicted octanol–water partition coefficient (Wildman–Crippen LogP) is 4.31. The summed E-state index contributed by atoms with van der Waals surface area (Å²) in [6.45, 7) is 6.27. The zero-order valence-electron chi connectivity index (χ0n) is 13.9. The van der Waals surface area contributed by atoms with E-state index in [4.69, 9.17) is 4.74 Å². The molecule has 1 aromatic rings. The second-order valence-corrected chi connectivity index (χ2v) is 7.56. The normalized spacial score (nSPS) is 37.7. The maximum atomic E-state index is 12.4. The summed E-state index contributed by atoms with van der Waals surface area (Å²) < 4.78 is 5.40. The van der Waals surface area contributed by atoms with Crippen LogP contribution in [0.1, 0.15) is 36.8 Å². The van der Waals surface area contributed by atoms with E-state index < -0.39 is 0 Å². The molecular weight excluding hydrogens is 284 g/mol. The van der Waals surface area contributed by atoms with Crippen LogP contribution in [0.3, 0.4) is 0 Å². The quantitative estimate of drug-likeness (QED) is 0.761. The standard InChI is InChI=1S/C21H24O2/c1-4-13-11-14-12-15(23-3)5-6-16(14)17-9-10-21(2)18(20(13)17)7-8-19(21)22/h4-8,12-13,17-18,20H,1,9-11H2,2-3H3/t13-,17-,18+,20-,21+/m1/s1. The third-order valence-electron chi connectivity index (χ3n) is 6.61. The molecule has 0 radical (unpaired) electrons. The number of carbonyl (C=O) groups is 1. The molecule has 23 heavy (non-hydrogen) atoms. The lowest BCUT2D eigenvalue weighted by atomic mass is 9.52. The Hall–Kier alpha value is -1.83. The number of ether oxygens (including phenoxy) is 1. The van der Waals surface area contributed by atoms with Gasteiger partial charge in [0.2, 0.25) is 0 Å². The topological polar surface area (TPSA) is 26.3 Å². The van der Waals surface area contributed by atoms with Crippen molar-refractivity contribution in [1.29, 1.82) is 0 Å². The Morgan fingerprint density at radius 3 is 2.96 bits per heavy atom. The lowest BCUT2D eigenvalue weighted by molar-refractivity contribution is -0.127. The molecule has 4 rings (SSSR count). The van der Waals surface area contributed by atoms with Gasteiger partial charge in [0.15, 0.2) is 5.78 Å². The highest BCUT2D eigenvalue weighted by molar-refractivity contribution is 5.97. The van der Waals surface area contributed by atoms with Crippen molar-refractivity contribution in [1.82, 2.24) is 0 Å². The number of benzene rings is 1. The van der Waals surface area contributed by atoms with Crippen molar-refractivity contribution >= 4 is 5.78 Å². The molecule has 0 aliphatic heterocycles. The van der Waals surface area contributed by atoms with Crippen LogP contribution < -0.4 is 4.74 Å². The molecule has 120 valence electrons. The Kier molecular flexibility index (Phi) is 3.26. The first-order valence-corrected chi connectivity index (χ1v) is 8.60. The summed E-state index contributed by atoms with van der Waals surface area (Å²) >= 11 is 0. The van der Waals surface area contributed by atoms with E-state index in [9.17, 15) is 4.79 Å². The van der Waals surface area contributed by atoms with Crippen molar-refractivity contribution < 1.29 is 9.53 Å². The molecule has 0 unspecified atom stereocenters. The summed E-state index contributed by atoms with van der Waals surface area (Å²) in [5.74, 6) is 3.06. The molecule has 3 aliphatic carbocycles. The van der Waals surface area contributed by atoms with E-state index in [1.807, 2.05) is 6.08 Å². The molecule has 2 nitrogen and oxygen atoms in total. The average molecular weight is 308 g/mol. The fourth-order valence-electron chi connectivity index (χ4n) is 5.30. The Bertz CT molecular complexity index is 702. The fraction of sp³-hybridized carbons (Fsp3) is 0.476. The highest BCUT2D eigenvalue weighted by atomic mass is 16.5. The van der Waals surface area contributed by atoms with Crippen LogP contribution in [0, 0.1) is 23.2 Å². The van der Waals surface area contributed by atoms with Gasteiger partial charge >= 0.3 is 0 Å². The summed E-state index contributed by atoms with van der Waals surface area (Å²) in [7, 11) is 1.72. The van der Waals surface area contributed by atoms with Crippen molar-refractivity contribution in [3.05, 3.63) is 54.1 Å². The van der Waals surface area contributed by atoms with Gasteiger partial charge in [-0.1, -0.05) is 25.1 Å². The lowest BCUT2D eigenvalue weighted by Gasteiger charge is -2.50. The lowest BCUT2D eigenvalue weighted by Crippen LogP contribution is -2.46. The number of rotatable bonds is 2. The minimum atomic E-state index is -0.188. The first-order chi connectivity index (χ1) is 11.1. The van der Waals surface area contributed by atoms with Gasteiger partial charge in [0.1, 0.15) is 5.75 Å². The maximum absolute atomic E-state index is 12.4. The van der Waals surface area contributed by atoms with Crippen LogP contribution in [0.15, 0.2) is 43.0 Å². The SMILES string of the molecule is C=C[C@@H]1Cc2cc(OC)ccc2[C@H]2CC[C@]3(C)C(=O)C=C[C@H]3[C@H]12. The van der Waals surface area contributed by atoms with Gasteiger partial charge in [0.25, 0.3) is 0 Å². The first-order valence-electron chi connectivity index (χ1n) is 8.60. The summed E-state index contributed by atoms with van der Waals surface area (Å²) in [5, 5.41) is 0. The molecule has 3 aliphatic rings. The fourth-order valence-corrected chi connectivity index (χ4v) is 5.30. The van der Waals surface area contributed by atoms with E-state index in [2.05, 4.69) is 43.9 Å². The number of fused-ring (bicyclic) bond motifs is 5. The summed E-state index contributed by atoms with van der Waals surface area (Å²) in [6, 6.07) is 6.51. The minimum absolute atomic E-state index is 0.188. The van der Waals surface area contributed by atoms with Crippen LogP contribution in [-0.4, -0.2) is 12.9 Å². The van der Waals surface area contributed by atoms with Gasteiger partial charge in [-0.2, -0.15) is 0 Å². The molecule has 0 N–H and O–H groups in total. The largest absolute Gasteiger partial charge is 0.497 e. The van der Waals surface area contributed by atoms with E-state index in [0.29, 0.717) is 29.5 Å². The van der Waals surface area contributed by atoms with Crippen LogP contribution in [-0.2, 0) is 11.2 Å². The highest BCUT2D eigenvalue weighted by Gasteiger charge is 2.54. The highest BCUT2D eigenvalue weighted by Crippen LogP contribution is 2.59. The van der Waals surface area contributed by atoms with Gasteiger partial charge in [-0.25, -0.2) is 0 Å². The zero-order valence-corrected chi connectivity index (χ0v) is 13.9. The molecule has 0 bridgehead atoms. The zero-order chi connectivity index (χ0) is 16.2. The van der Waals surface area contributed by atoms with Crippen molar-refractivity contribution in [2.24, 2.45) is 23.2 Å². The molecule has 1 aromatic carbocycles. The van der Waals surface area contributed by atoms with Crippen molar-refractivity contribution in [2.75, 3.05) is 7.11 Å². The second-order valence-electron chi connectivity index (χ2n) is 7.56. The molecule has 0 spiro atoms. The Morgan fingerprint density at radius 1 is 1.39 bits per heavy atom. The number of methoxy groups -OCH3 is 1. The van der Waals surface area contributed by atoms with Crippen LogP contribution in [0.4, 0.5) is 0 Å². The maximum Gasteiger partial charge on any atom is 0.161 e. The van der Waals surface area contributed by atoms with E-state index in [0.717, 1.165) is 25.0 Å². The van der Waals surface area contributed by atoms with Crippen molar-refractivity contribution in [2.45, 2.75) is 32.1 Å².